The van der Waals surface area contributed by atoms with Crippen molar-refractivity contribution in [2.45, 2.75) is 50.2 Å². The molecule has 0 aromatic carbocycles. The summed E-state index contributed by atoms with van der Waals surface area (Å²) in [5.74, 6) is 2.91. The highest BCUT2D eigenvalue weighted by Crippen LogP contribution is 2.55. The summed E-state index contributed by atoms with van der Waals surface area (Å²) in [5, 5.41) is 16.1. The van der Waals surface area contributed by atoms with E-state index in [0.29, 0.717) is 5.54 Å². The van der Waals surface area contributed by atoms with Gasteiger partial charge in [0.1, 0.15) is 6.10 Å². The highest BCUT2D eigenvalue weighted by molar-refractivity contribution is 7.10. The highest BCUT2D eigenvalue weighted by Gasteiger charge is 2.50. The molecule has 4 bridgehead atoms. The van der Waals surface area contributed by atoms with Crippen molar-refractivity contribution in [1.82, 2.24) is 5.32 Å². The number of aliphatic hydroxyl groups excluding tert-OH is 1. The van der Waals surface area contributed by atoms with E-state index in [4.69, 9.17) is 0 Å². The lowest BCUT2D eigenvalue weighted by Gasteiger charge is -2.57. The van der Waals surface area contributed by atoms with Crippen molar-refractivity contribution in [3.8, 4) is 0 Å². The Labute approximate surface area is 119 Å². The van der Waals surface area contributed by atoms with Gasteiger partial charge in [0, 0.05) is 17.0 Å². The molecule has 3 heteroatoms. The van der Waals surface area contributed by atoms with Crippen LogP contribution in [0.15, 0.2) is 17.5 Å². The first kappa shape index (κ1) is 12.4. The molecule has 4 fully saturated rings. The van der Waals surface area contributed by atoms with E-state index in [9.17, 15) is 5.11 Å². The van der Waals surface area contributed by atoms with Crippen molar-refractivity contribution >= 4 is 11.3 Å². The van der Waals surface area contributed by atoms with Crippen LogP contribution in [0.2, 0.25) is 0 Å². The lowest BCUT2D eigenvalue weighted by atomic mass is 9.53. The van der Waals surface area contributed by atoms with Crippen LogP contribution in [0.1, 0.15) is 49.5 Å². The molecule has 0 saturated heterocycles. The largest absolute Gasteiger partial charge is 0.386 e. The van der Waals surface area contributed by atoms with Crippen molar-refractivity contribution in [3.05, 3.63) is 22.4 Å². The van der Waals surface area contributed by atoms with E-state index in [-0.39, 0.29) is 6.10 Å². The van der Waals surface area contributed by atoms with Crippen molar-refractivity contribution in [3.63, 3.8) is 0 Å². The van der Waals surface area contributed by atoms with Crippen LogP contribution in [0.3, 0.4) is 0 Å². The Kier molecular flexibility index (Phi) is 2.98. The molecule has 1 aromatic rings. The molecule has 1 unspecified atom stereocenters. The minimum Gasteiger partial charge on any atom is -0.386 e. The molecule has 19 heavy (non-hydrogen) atoms. The van der Waals surface area contributed by atoms with E-state index >= 15 is 0 Å². The summed E-state index contributed by atoms with van der Waals surface area (Å²) in [4.78, 5) is 1.09. The topological polar surface area (TPSA) is 32.3 Å². The summed E-state index contributed by atoms with van der Waals surface area (Å²) < 4.78 is 0. The monoisotopic (exact) mass is 277 g/mol. The normalized spacial score (nSPS) is 41.6. The maximum Gasteiger partial charge on any atom is 0.101 e. The van der Waals surface area contributed by atoms with Crippen LogP contribution in [0.25, 0.3) is 0 Å². The van der Waals surface area contributed by atoms with Gasteiger partial charge in [-0.3, -0.25) is 0 Å². The Morgan fingerprint density at radius 2 is 1.84 bits per heavy atom. The predicted molar refractivity (Wildman–Crippen MR) is 78.2 cm³/mol. The van der Waals surface area contributed by atoms with Gasteiger partial charge in [-0.1, -0.05) is 6.07 Å². The van der Waals surface area contributed by atoms with Crippen LogP contribution < -0.4 is 5.32 Å². The van der Waals surface area contributed by atoms with Gasteiger partial charge >= 0.3 is 0 Å². The summed E-state index contributed by atoms with van der Waals surface area (Å²) >= 11 is 1.66. The molecule has 0 spiro atoms. The van der Waals surface area contributed by atoms with Crippen molar-refractivity contribution in [1.29, 1.82) is 0 Å². The number of nitrogens with one attached hydrogen (secondary N) is 1. The number of hydrogen-bond acceptors (Lipinski definition) is 3. The molecule has 1 heterocycles. The molecule has 2 N–H and O–H groups in total. The number of hydrogen-bond donors (Lipinski definition) is 2. The summed E-state index contributed by atoms with van der Waals surface area (Å²) in [5.41, 5.74) is 0.368. The number of thiophene rings is 1. The van der Waals surface area contributed by atoms with Gasteiger partial charge in [-0.15, -0.1) is 11.3 Å². The van der Waals surface area contributed by atoms with Crippen LogP contribution in [-0.4, -0.2) is 17.2 Å². The summed E-state index contributed by atoms with van der Waals surface area (Å²) in [7, 11) is 0. The SMILES string of the molecule is OC(CNC12CC3CC(CC(C3)C1)C2)c1cccs1. The fraction of sp³-hybridized carbons (Fsp3) is 0.750. The average Bonchev–Trinajstić information content (AvgIpc) is 2.88. The van der Waals surface area contributed by atoms with E-state index in [1.54, 1.807) is 11.3 Å². The minimum absolute atomic E-state index is 0.326. The van der Waals surface area contributed by atoms with Gasteiger partial charge in [-0.05, 0) is 67.7 Å². The van der Waals surface area contributed by atoms with Crippen LogP contribution in [0, 0.1) is 17.8 Å². The van der Waals surface area contributed by atoms with E-state index in [0.717, 1.165) is 29.2 Å². The van der Waals surface area contributed by atoms with E-state index in [1.165, 1.54) is 38.5 Å². The first-order valence-corrected chi connectivity index (χ1v) is 8.57. The van der Waals surface area contributed by atoms with Crippen molar-refractivity contribution in [2.75, 3.05) is 6.54 Å². The molecule has 4 saturated carbocycles. The number of aliphatic hydroxyl groups is 1. The van der Waals surface area contributed by atoms with Crippen LogP contribution in [0.5, 0.6) is 0 Å². The van der Waals surface area contributed by atoms with Gasteiger partial charge in [0.25, 0.3) is 0 Å². The second-order valence-electron chi connectivity index (χ2n) is 7.11. The Bertz CT molecular complexity index is 406. The van der Waals surface area contributed by atoms with Crippen LogP contribution in [0.4, 0.5) is 0 Å². The van der Waals surface area contributed by atoms with Gasteiger partial charge in [0.15, 0.2) is 0 Å². The Morgan fingerprint density at radius 1 is 1.21 bits per heavy atom. The molecule has 4 aliphatic rings. The fourth-order valence-corrected chi connectivity index (χ4v) is 5.93. The zero-order valence-corrected chi connectivity index (χ0v) is 12.2. The van der Waals surface area contributed by atoms with Crippen molar-refractivity contribution < 1.29 is 5.11 Å². The summed E-state index contributed by atoms with van der Waals surface area (Å²) in [6, 6.07) is 4.06. The van der Waals surface area contributed by atoms with Crippen molar-refractivity contribution in [2.24, 2.45) is 17.8 Å². The minimum atomic E-state index is -0.326. The van der Waals surface area contributed by atoms with E-state index in [2.05, 4.69) is 5.32 Å². The molecule has 2 nitrogen and oxygen atoms in total. The predicted octanol–water partition coefficient (Wildman–Crippen LogP) is 3.34. The molecular weight excluding hydrogens is 254 g/mol. The first-order chi connectivity index (χ1) is 9.22. The summed E-state index contributed by atoms with van der Waals surface area (Å²) in [6.07, 6.45) is 8.19. The third-order valence-electron chi connectivity index (χ3n) is 5.58. The molecule has 0 aliphatic heterocycles. The molecule has 0 amide bonds. The maximum atomic E-state index is 10.3. The Hall–Kier alpha value is -0.380. The lowest BCUT2D eigenvalue weighted by molar-refractivity contribution is -0.0247. The van der Waals surface area contributed by atoms with Gasteiger partial charge in [-0.2, -0.15) is 0 Å². The number of β-amino-alcohol motifs (C(OH)–C–C–N with tert-alkyl or cyclic N) is 1. The average molecular weight is 277 g/mol. The zero-order chi connectivity index (χ0) is 12.9. The Balaban J connectivity index is 1.42. The summed E-state index contributed by atoms with van der Waals surface area (Å²) in [6.45, 7) is 0.729. The molecule has 0 radical (unpaired) electrons. The van der Waals surface area contributed by atoms with Gasteiger partial charge in [0.2, 0.25) is 0 Å². The highest BCUT2D eigenvalue weighted by atomic mass is 32.1. The number of rotatable bonds is 4. The zero-order valence-electron chi connectivity index (χ0n) is 11.3. The molecule has 1 atom stereocenters. The smallest absolute Gasteiger partial charge is 0.101 e. The Morgan fingerprint density at radius 3 is 2.37 bits per heavy atom. The van der Waals surface area contributed by atoms with Gasteiger partial charge in [-0.25, -0.2) is 0 Å². The third-order valence-corrected chi connectivity index (χ3v) is 6.55. The third kappa shape index (κ3) is 2.26. The van der Waals surface area contributed by atoms with Crippen LogP contribution >= 0.6 is 11.3 Å². The molecule has 4 aliphatic carbocycles. The van der Waals surface area contributed by atoms with E-state index in [1.807, 2.05) is 17.5 Å². The standard InChI is InChI=1S/C16H23NOS/c18-14(15-2-1-3-19-15)10-17-16-7-11-4-12(8-16)6-13(5-11)9-16/h1-3,11-14,17-18H,4-10H2. The lowest BCUT2D eigenvalue weighted by Crippen LogP contribution is -2.59. The second kappa shape index (κ2) is 4.57. The van der Waals surface area contributed by atoms with Gasteiger partial charge < -0.3 is 10.4 Å². The maximum absolute atomic E-state index is 10.3. The molecule has 1 aromatic heterocycles. The quantitative estimate of drug-likeness (QED) is 0.884. The molecular formula is C16H23NOS. The van der Waals surface area contributed by atoms with Gasteiger partial charge in [0.05, 0.1) is 0 Å². The second-order valence-corrected chi connectivity index (χ2v) is 8.09. The fourth-order valence-electron chi connectivity index (χ4n) is 5.22. The molecule has 5 rings (SSSR count). The van der Waals surface area contributed by atoms with Crippen LogP contribution in [-0.2, 0) is 0 Å². The van der Waals surface area contributed by atoms with E-state index < -0.39 is 0 Å². The first-order valence-electron chi connectivity index (χ1n) is 7.69. The molecule has 104 valence electrons.